The Hall–Kier alpha value is -1.75. The maximum absolute atomic E-state index is 13.7. The summed E-state index contributed by atoms with van der Waals surface area (Å²) >= 11 is 0. The molecule has 0 atom stereocenters. The van der Waals surface area contributed by atoms with E-state index in [0.717, 1.165) is 6.26 Å². The molecular formula is C20H26F2IN3O2S. The lowest BCUT2D eigenvalue weighted by molar-refractivity contribution is 0.600. The van der Waals surface area contributed by atoms with Gasteiger partial charge in [0.1, 0.15) is 11.6 Å². The summed E-state index contributed by atoms with van der Waals surface area (Å²) in [5.74, 6) is -0.375. The van der Waals surface area contributed by atoms with Gasteiger partial charge in [0.15, 0.2) is 15.8 Å². The Morgan fingerprint density at radius 3 is 2.41 bits per heavy atom. The lowest BCUT2D eigenvalue weighted by atomic mass is 10.1. The van der Waals surface area contributed by atoms with Gasteiger partial charge in [-0.3, -0.25) is 0 Å². The van der Waals surface area contributed by atoms with E-state index in [9.17, 15) is 17.2 Å². The minimum Gasteiger partial charge on any atom is -0.357 e. The van der Waals surface area contributed by atoms with Crippen molar-refractivity contribution in [1.29, 1.82) is 0 Å². The zero-order valence-electron chi connectivity index (χ0n) is 16.4. The van der Waals surface area contributed by atoms with Gasteiger partial charge in [0.2, 0.25) is 0 Å². The molecule has 29 heavy (non-hydrogen) atoms. The van der Waals surface area contributed by atoms with E-state index in [0.29, 0.717) is 42.2 Å². The third-order valence-electron chi connectivity index (χ3n) is 3.98. The summed E-state index contributed by atoms with van der Waals surface area (Å²) in [7, 11) is -3.25. The second kappa shape index (κ2) is 12.1. The lowest BCUT2D eigenvalue weighted by Crippen LogP contribution is -2.38. The van der Waals surface area contributed by atoms with Crippen molar-refractivity contribution in [3.05, 3.63) is 70.8 Å². The molecule has 2 rings (SSSR count). The van der Waals surface area contributed by atoms with Gasteiger partial charge in [-0.25, -0.2) is 22.2 Å². The highest BCUT2D eigenvalue weighted by atomic mass is 127. The fourth-order valence-electron chi connectivity index (χ4n) is 2.69. The van der Waals surface area contributed by atoms with Crippen molar-refractivity contribution in [3.63, 3.8) is 0 Å². The fraction of sp³-hybridized carbons (Fsp3) is 0.350. The largest absolute Gasteiger partial charge is 0.357 e. The van der Waals surface area contributed by atoms with Crippen LogP contribution in [0.2, 0.25) is 0 Å². The Labute approximate surface area is 188 Å². The summed E-state index contributed by atoms with van der Waals surface area (Å²) in [4.78, 5) is 4.41. The highest BCUT2D eigenvalue weighted by molar-refractivity contribution is 14.0. The molecule has 0 saturated heterocycles. The summed E-state index contributed by atoms with van der Waals surface area (Å²) in [6.45, 7) is 3.11. The fourth-order valence-corrected chi connectivity index (χ4v) is 3.53. The van der Waals surface area contributed by atoms with Gasteiger partial charge in [0.05, 0.1) is 12.3 Å². The van der Waals surface area contributed by atoms with Crippen LogP contribution in [0.15, 0.2) is 47.5 Å². The number of hydrogen-bond donors (Lipinski definition) is 2. The molecule has 5 nitrogen and oxygen atoms in total. The first-order valence-electron chi connectivity index (χ1n) is 8.99. The summed E-state index contributed by atoms with van der Waals surface area (Å²) in [6, 6.07) is 10.6. The average Bonchev–Trinajstić information content (AvgIpc) is 2.62. The summed E-state index contributed by atoms with van der Waals surface area (Å²) < 4.78 is 50.5. The van der Waals surface area contributed by atoms with E-state index in [1.54, 1.807) is 18.2 Å². The predicted molar refractivity (Wildman–Crippen MR) is 123 cm³/mol. The molecule has 9 heteroatoms. The number of rotatable bonds is 8. The Morgan fingerprint density at radius 2 is 1.76 bits per heavy atom. The van der Waals surface area contributed by atoms with Crippen molar-refractivity contribution in [2.75, 3.05) is 19.3 Å². The summed E-state index contributed by atoms with van der Waals surface area (Å²) in [5.41, 5.74) is 1.64. The van der Waals surface area contributed by atoms with Crippen molar-refractivity contribution in [2.24, 2.45) is 4.99 Å². The number of halogens is 3. The summed E-state index contributed by atoms with van der Waals surface area (Å²) in [5, 5.41) is 6.18. The molecule has 0 spiro atoms. The van der Waals surface area contributed by atoms with Gasteiger partial charge in [-0.15, -0.1) is 24.0 Å². The number of nitrogens with one attached hydrogen (secondary N) is 2. The Bertz CT molecular complexity index is 937. The molecule has 2 aromatic rings. The summed E-state index contributed by atoms with van der Waals surface area (Å²) in [6.07, 6.45) is 1.62. The number of benzene rings is 2. The first-order chi connectivity index (χ1) is 13.3. The smallest absolute Gasteiger partial charge is 0.191 e. The van der Waals surface area contributed by atoms with E-state index in [2.05, 4.69) is 15.6 Å². The molecule has 0 fully saturated rings. The van der Waals surface area contributed by atoms with Crippen LogP contribution in [-0.4, -0.2) is 33.7 Å². The molecule has 0 unspecified atom stereocenters. The predicted octanol–water partition coefficient (Wildman–Crippen LogP) is 3.43. The SMILES string of the molecule is CCNC(=NCc1cc(F)ccc1CS(C)(=O)=O)NCCc1ccccc1F.I. The highest BCUT2D eigenvalue weighted by Gasteiger charge is 2.11. The van der Waals surface area contributed by atoms with Crippen LogP contribution in [0.25, 0.3) is 0 Å². The van der Waals surface area contributed by atoms with E-state index in [4.69, 9.17) is 0 Å². The highest BCUT2D eigenvalue weighted by Crippen LogP contribution is 2.15. The average molecular weight is 537 g/mol. The number of nitrogens with zero attached hydrogens (tertiary/aromatic N) is 1. The minimum atomic E-state index is -3.25. The molecule has 0 aliphatic heterocycles. The Balaban J connectivity index is 0.00000420. The van der Waals surface area contributed by atoms with Crippen LogP contribution in [0.3, 0.4) is 0 Å². The van der Waals surface area contributed by atoms with E-state index >= 15 is 0 Å². The molecule has 2 N–H and O–H groups in total. The molecule has 0 aliphatic carbocycles. The normalized spacial score (nSPS) is 11.7. The van der Waals surface area contributed by atoms with Crippen LogP contribution < -0.4 is 10.6 Å². The van der Waals surface area contributed by atoms with Gasteiger partial charge in [0.25, 0.3) is 0 Å². The first-order valence-corrected chi connectivity index (χ1v) is 11.0. The number of aliphatic imine (C=N–C) groups is 1. The molecule has 0 bridgehead atoms. The van der Waals surface area contributed by atoms with Crippen LogP contribution in [0, 0.1) is 11.6 Å². The molecule has 2 aromatic carbocycles. The van der Waals surface area contributed by atoms with Gasteiger partial charge in [-0.1, -0.05) is 24.3 Å². The van der Waals surface area contributed by atoms with Crippen LogP contribution >= 0.6 is 24.0 Å². The van der Waals surface area contributed by atoms with Gasteiger partial charge in [-0.05, 0) is 48.2 Å². The van der Waals surface area contributed by atoms with E-state index in [-0.39, 0.29) is 42.1 Å². The van der Waals surface area contributed by atoms with Crippen LogP contribution in [0.5, 0.6) is 0 Å². The number of sulfone groups is 1. The first kappa shape index (κ1) is 25.3. The van der Waals surface area contributed by atoms with E-state index < -0.39 is 15.7 Å². The second-order valence-corrected chi connectivity index (χ2v) is 8.59. The van der Waals surface area contributed by atoms with Crippen molar-refractivity contribution in [2.45, 2.75) is 25.6 Å². The molecule has 0 saturated carbocycles. The minimum absolute atomic E-state index is 0. The molecule has 0 amide bonds. The molecule has 0 aromatic heterocycles. The van der Waals surface area contributed by atoms with Crippen molar-refractivity contribution in [3.8, 4) is 0 Å². The standard InChI is InChI=1S/C20H25F2N3O2S.HI/c1-3-23-20(24-11-10-15-6-4-5-7-19(15)22)25-13-17-12-18(21)9-8-16(17)14-28(2,26)27;/h4-9,12H,3,10-11,13-14H2,1-2H3,(H2,23,24,25);1H. The maximum Gasteiger partial charge on any atom is 0.191 e. The van der Waals surface area contributed by atoms with Gasteiger partial charge < -0.3 is 10.6 Å². The molecule has 0 radical (unpaired) electrons. The zero-order chi connectivity index (χ0) is 20.6. The third-order valence-corrected chi connectivity index (χ3v) is 4.82. The maximum atomic E-state index is 13.7. The lowest BCUT2D eigenvalue weighted by Gasteiger charge is -2.13. The molecule has 160 valence electrons. The van der Waals surface area contributed by atoms with Crippen LogP contribution in [0.4, 0.5) is 8.78 Å². The number of hydrogen-bond acceptors (Lipinski definition) is 3. The van der Waals surface area contributed by atoms with Crippen molar-refractivity contribution < 1.29 is 17.2 Å². The van der Waals surface area contributed by atoms with E-state index in [1.165, 1.54) is 24.3 Å². The molecular weight excluding hydrogens is 511 g/mol. The quantitative estimate of drug-likeness (QED) is 0.308. The zero-order valence-corrected chi connectivity index (χ0v) is 19.6. The Morgan fingerprint density at radius 1 is 1.03 bits per heavy atom. The van der Waals surface area contributed by atoms with Gasteiger partial charge in [0, 0.05) is 19.3 Å². The molecule has 0 heterocycles. The molecule has 0 aliphatic rings. The second-order valence-electron chi connectivity index (χ2n) is 6.45. The third kappa shape index (κ3) is 9.07. The van der Waals surface area contributed by atoms with Crippen LogP contribution in [0.1, 0.15) is 23.6 Å². The van der Waals surface area contributed by atoms with Gasteiger partial charge >= 0.3 is 0 Å². The monoisotopic (exact) mass is 537 g/mol. The Kier molecular flexibility index (Phi) is 10.5. The van der Waals surface area contributed by atoms with Gasteiger partial charge in [-0.2, -0.15) is 0 Å². The number of guanidine groups is 1. The van der Waals surface area contributed by atoms with Crippen LogP contribution in [-0.2, 0) is 28.6 Å². The van der Waals surface area contributed by atoms with Crippen molar-refractivity contribution in [1.82, 2.24) is 10.6 Å². The topological polar surface area (TPSA) is 70.6 Å². The van der Waals surface area contributed by atoms with E-state index in [1.807, 2.05) is 6.92 Å². The van der Waals surface area contributed by atoms with Crippen molar-refractivity contribution >= 4 is 39.8 Å².